The van der Waals surface area contributed by atoms with Crippen molar-refractivity contribution in [2.75, 3.05) is 12.0 Å². The molecule has 2 aromatic carbocycles. The summed E-state index contributed by atoms with van der Waals surface area (Å²) in [6.45, 7) is 2.30. The van der Waals surface area contributed by atoms with E-state index in [2.05, 4.69) is 0 Å². The van der Waals surface area contributed by atoms with Crippen LogP contribution in [0.5, 0.6) is 0 Å². The Hall–Kier alpha value is -3.65. The van der Waals surface area contributed by atoms with E-state index in [1.54, 1.807) is 13.8 Å². The number of hydrogen-bond donors (Lipinski definition) is 0. The molecule has 2 aromatic rings. The molecule has 0 N–H and O–H groups in total. The maximum Gasteiger partial charge on any atom is 0.416 e. The summed E-state index contributed by atoms with van der Waals surface area (Å²) >= 11 is 0. The van der Waals surface area contributed by atoms with Crippen molar-refractivity contribution in [3.63, 3.8) is 0 Å². The first-order chi connectivity index (χ1) is 20.3. The molecule has 1 saturated carbocycles. The van der Waals surface area contributed by atoms with E-state index < -0.39 is 77.7 Å². The number of anilines is 1. The molecule has 1 aliphatic heterocycles. The number of carbonyl (C=O) groups is 2. The zero-order valence-electron chi connectivity index (χ0n) is 23.7. The lowest BCUT2D eigenvalue weighted by Crippen LogP contribution is -2.53. The lowest BCUT2D eigenvalue weighted by atomic mass is 9.74. The number of benzene rings is 2. The van der Waals surface area contributed by atoms with Crippen LogP contribution in [-0.4, -0.2) is 36.3 Å². The lowest BCUT2D eigenvalue weighted by Gasteiger charge is -2.48. The molecule has 1 heterocycles. The fourth-order valence-corrected chi connectivity index (χ4v) is 5.60. The average molecular weight is 641 g/mol. The predicted molar refractivity (Wildman–Crippen MR) is 138 cm³/mol. The van der Waals surface area contributed by atoms with Crippen LogP contribution in [0.2, 0.25) is 0 Å². The molecule has 2 atom stereocenters. The van der Waals surface area contributed by atoms with E-state index in [1.165, 1.54) is 4.90 Å². The van der Waals surface area contributed by atoms with Gasteiger partial charge in [0.2, 0.25) is 0 Å². The highest BCUT2D eigenvalue weighted by Crippen LogP contribution is 2.49. The monoisotopic (exact) mass is 640 g/mol. The van der Waals surface area contributed by atoms with Gasteiger partial charge < -0.3 is 9.47 Å². The predicted octanol–water partition coefficient (Wildman–Crippen LogP) is 8.98. The highest BCUT2D eigenvalue weighted by atomic mass is 19.4. The van der Waals surface area contributed by atoms with Crippen LogP contribution in [-0.2, 0) is 34.5 Å². The maximum atomic E-state index is 13.8. The van der Waals surface area contributed by atoms with Crippen molar-refractivity contribution < 1.29 is 58.6 Å². The molecule has 0 spiro atoms. The molecule has 242 valence electrons. The standard InChI is InChI=1S/C29H29F9N2O4/c1-15(2)44-26(42)40-22-8-7-18(27(30,31)32)12-21(22)24(13-23(40)17-5-4-6-17)39(25(41)43-3)14-16-9-19(28(33,34)35)11-20(10-16)29(36,37)38/h7-12,15,17,23-24H,4-6,13-14H2,1-3H3/t23-,24-/m1/s1. The number of methoxy groups -OCH3 is 1. The molecule has 0 saturated heterocycles. The molecular formula is C29H29F9N2O4. The fraction of sp³-hybridized carbons (Fsp3) is 0.517. The maximum absolute atomic E-state index is 13.8. The van der Waals surface area contributed by atoms with Gasteiger partial charge in [-0.3, -0.25) is 9.80 Å². The first-order valence-corrected chi connectivity index (χ1v) is 13.6. The molecule has 2 aliphatic rings. The van der Waals surface area contributed by atoms with Crippen molar-refractivity contribution in [1.29, 1.82) is 0 Å². The summed E-state index contributed by atoms with van der Waals surface area (Å²) in [6, 6.07) is 1.31. The van der Waals surface area contributed by atoms with Crippen LogP contribution in [0, 0.1) is 5.92 Å². The molecule has 0 radical (unpaired) electrons. The second-order valence-corrected chi connectivity index (χ2v) is 11.1. The third-order valence-corrected chi connectivity index (χ3v) is 7.78. The Morgan fingerprint density at radius 2 is 1.45 bits per heavy atom. The Balaban J connectivity index is 1.90. The Labute approximate surface area is 246 Å². The highest BCUT2D eigenvalue weighted by molar-refractivity contribution is 5.91. The van der Waals surface area contributed by atoms with Gasteiger partial charge in [-0.05, 0) is 86.6 Å². The summed E-state index contributed by atoms with van der Waals surface area (Å²) in [4.78, 5) is 28.4. The largest absolute Gasteiger partial charge is 0.453 e. The second-order valence-electron chi connectivity index (χ2n) is 11.1. The van der Waals surface area contributed by atoms with Gasteiger partial charge in [-0.25, -0.2) is 9.59 Å². The van der Waals surface area contributed by atoms with E-state index in [9.17, 15) is 49.1 Å². The molecule has 1 aliphatic carbocycles. The first-order valence-electron chi connectivity index (χ1n) is 13.6. The van der Waals surface area contributed by atoms with Gasteiger partial charge in [0.05, 0.1) is 41.6 Å². The molecule has 0 unspecified atom stereocenters. The number of halogens is 9. The Morgan fingerprint density at radius 3 is 1.91 bits per heavy atom. The molecule has 1 fully saturated rings. The average Bonchev–Trinajstić information content (AvgIpc) is 2.87. The summed E-state index contributed by atoms with van der Waals surface area (Å²) in [5.41, 5.74) is -5.16. The van der Waals surface area contributed by atoms with Crippen molar-refractivity contribution >= 4 is 17.9 Å². The second kappa shape index (κ2) is 12.0. The van der Waals surface area contributed by atoms with Crippen LogP contribution < -0.4 is 4.90 Å². The van der Waals surface area contributed by atoms with E-state index in [4.69, 9.17) is 9.47 Å². The van der Waals surface area contributed by atoms with Crippen molar-refractivity contribution in [3.8, 4) is 0 Å². The number of hydrogen-bond acceptors (Lipinski definition) is 4. The van der Waals surface area contributed by atoms with Gasteiger partial charge >= 0.3 is 30.7 Å². The number of rotatable bonds is 5. The van der Waals surface area contributed by atoms with Crippen LogP contribution >= 0.6 is 0 Å². The van der Waals surface area contributed by atoms with Crippen molar-refractivity contribution in [2.24, 2.45) is 5.92 Å². The van der Waals surface area contributed by atoms with Gasteiger partial charge in [-0.15, -0.1) is 0 Å². The van der Waals surface area contributed by atoms with Crippen LogP contribution in [0.1, 0.15) is 73.4 Å². The highest BCUT2D eigenvalue weighted by Gasteiger charge is 2.47. The van der Waals surface area contributed by atoms with Crippen LogP contribution in [0.25, 0.3) is 0 Å². The van der Waals surface area contributed by atoms with Gasteiger partial charge in [0.25, 0.3) is 0 Å². The topological polar surface area (TPSA) is 59.1 Å². The number of fused-ring (bicyclic) bond motifs is 1. The number of ether oxygens (including phenoxy) is 2. The van der Waals surface area contributed by atoms with Crippen LogP contribution in [0.4, 0.5) is 54.8 Å². The summed E-state index contributed by atoms with van der Waals surface area (Å²) in [6.07, 6.45) is -15.9. The molecule has 15 heteroatoms. The van der Waals surface area contributed by atoms with Crippen molar-refractivity contribution in [2.45, 2.75) is 82.8 Å². The Morgan fingerprint density at radius 1 is 0.886 bits per heavy atom. The SMILES string of the molecule is COC(=O)N(Cc1cc(C(F)(F)F)cc(C(F)(F)F)c1)[C@@H]1C[C@H](C2CCC2)N(C(=O)OC(C)C)c2ccc(C(F)(F)F)cc21. The molecule has 0 bridgehead atoms. The van der Waals surface area contributed by atoms with Crippen molar-refractivity contribution in [3.05, 3.63) is 64.2 Å². The minimum absolute atomic E-state index is 0.0225. The number of alkyl halides is 9. The van der Waals surface area contributed by atoms with Gasteiger partial charge in [0.15, 0.2) is 0 Å². The van der Waals surface area contributed by atoms with Crippen molar-refractivity contribution in [1.82, 2.24) is 4.90 Å². The fourth-order valence-electron chi connectivity index (χ4n) is 5.60. The normalized spacial score (nSPS) is 19.3. The quantitative estimate of drug-likeness (QED) is 0.306. The number of amides is 2. The third-order valence-electron chi connectivity index (χ3n) is 7.78. The molecular weight excluding hydrogens is 611 g/mol. The van der Waals surface area contributed by atoms with E-state index in [-0.39, 0.29) is 29.7 Å². The summed E-state index contributed by atoms with van der Waals surface area (Å²) in [7, 11) is 0.925. The zero-order valence-corrected chi connectivity index (χ0v) is 23.7. The van der Waals surface area contributed by atoms with Gasteiger partial charge in [-0.1, -0.05) is 6.42 Å². The summed E-state index contributed by atoms with van der Waals surface area (Å²) < 4.78 is 133. The summed E-state index contributed by atoms with van der Waals surface area (Å²) in [5, 5.41) is 0. The minimum Gasteiger partial charge on any atom is -0.453 e. The van der Waals surface area contributed by atoms with E-state index >= 15 is 0 Å². The Bertz CT molecular complexity index is 1350. The van der Waals surface area contributed by atoms with Gasteiger partial charge in [-0.2, -0.15) is 39.5 Å². The smallest absolute Gasteiger partial charge is 0.416 e. The van der Waals surface area contributed by atoms with Gasteiger partial charge in [0, 0.05) is 12.6 Å². The van der Waals surface area contributed by atoms with Gasteiger partial charge in [0.1, 0.15) is 0 Å². The third kappa shape index (κ3) is 7.01. The lowest BCUT2D eigenvalue weighted by molar-refractivity contribution is -0.143. The molecule has 44 heavy (non-hydrogen) atoms. The van der Waals surface area contributed by atoms with E-state index in [0.29, 0.717) is 25.0 Å². The minimum atomic E-state index is -5.17. The molecule has 6 nitrogen and oxygen atoms in total. The zero-order chi connectivity index (χ0) is 32.8. The first kappa shape index (κ1) is 33.2. The van der Waals surface area contributed by atoms with E-state index in [1.807, 2.05) is 0 Å². The number of nitrogens with zero attached hydrogens (tertiary/aromatic N) is 2. The van der Waals surface area contributed by atoms with E-state index in [0.717, 1.165) is 36.6 Å². The molecule has 2 amide bonds. The summed E-state index contributed by atoms with van der Waals surface area (Å²) in [5.74, 6) is -0.155. The number of carbonyl (C=O) groups excluding carboxylic acids is 2. The Kier molecular flexibility index (Phi) is 9.09. The molecule has 4 rings (SSSR count). The van der Waals surface area contributed by atoms with Crippen LogP contribution in [0.3, 0.4) is 0 Å². The molecule has 0 aromatic heterocycles. The van der Waals surface area contributed by atoms with Crippen LogP contribution in [0.15, 0.2) is 36.4 Å².